The second kappa shape index (κ2) is 8.10. The normalized spacial score (nSPS) is 17.9. The first-order chi connectivity index (χ1) is 14.0. The van der Waals surface area contributed by atoms with Crippen LogP contribution < -0.4 is 10.1 Å². The molecule has 4 rings (SSSR count). The molecule has 3 aromatic rings. The molecule has 1 aliphatic rings. The Balaban J connectivity index is 1.77. The molecule has 0 aromatic heterocycles. The number of methoxy groups -OCH3 is 1. The van der Waals surface area contributed by atoms with E-state index in [1.807, 2.05) is 60.9 Å². The summed E-state index contributed by atoms with van der Waals surface area (Å²) in [7, 11) is -2.07. The van der Waals surface area contributed by atoms with E-state index < -0.39 is 16.2 Å². The van der Waals surface area contributed by atoms with Crippen LogP contribution in [0.2, 0.25) is 0 Å². The Kier molecular flexibility index (Phi) is 5.54. The maximum atomic E-state index is 13.5. The Hall–Kier alpha value is -2.48. The summed E-state index contributed by atoms with van der Waals surface area (Å²) < 4.78 is 33.7. The van der Waals surface area contributed by atoms with Crippen molar-refractivity contribution in [2.75, 3.05) is 18.7 Å². The van der Waals surface area contributed by atoms with Crippen molar-refractivity contribution in [3.63, 3.8) is 0 Å². The van der Waals surface area contributed by atoms with Crippen LogP contribution in [0.15, 0.2) is 82.6 Å². The average Bonchev–Trinajstić information content (AvgIpc) is 2.76. The smallest absolute Gasteiger partial charge is 0.247 e. The lowest BCUT2D eigenvalue weighted by Gasteiger charge is -2.37. The summed E-state index contributed by atoms with van der Waals surface area (Å²) in [6.45, 7) is 0.253. The number of hydrogen-bond donors (Lipinski definition) is 1. The minimum absolute atomic E-state index is 0.253. The Morgan fingerprint density at radius 3 is 2.34 bits per heavy atom. The van der Waals surface area contributed by atoms with Gasteiger partial charge in [-0.3, -0.25) is 0 Å². The highest BCUT2D eigenvalue weighted by atomic mass is 32.2. The first-order valence-corrected chi connectivity index (χ1v) is 11.8. The summed E-state index contributed by atoms with van der Waals surface area (Å²) in [5.41, 5.74) is 2.41. The molecule has 0 aliphatic carbocycles. The summed E-state index contributed by atoms with van der Waals surface area (Å²) in [6, 6.07) is 22.5. The third-order valence-electron chi connectivity index (χ3n) is 4.98. The zero-order valence-electron chi connectivity index (χ0n) is 16.2. The van der Waals surface area contributed by atoms with Crippen LogP contribution in [-0.2, 0) is 16.6 Å². The van der Waals surface area contributed by atoms with E-state index in [0.29, 0.717) is 10.6 Å². The predicted octanol–water partition coefficient (Wildman–Crippen LogP) is 4.73. The molecule has 0 spiro atoms. The zero-order chi connectivity index (χ0) is 20.4. The van der Waals surface area contributed by atoms with Crippen LogP contribution in [0, 0.1) is 0 Å². The molecule has 0 saturated carbocycles. The number of thioether (sulfide) groups is 1. The van der Waals surface area contributed by atoms with E-state index in [4.69, 9.17) is 4.74 Å². The lowest BCUT2D eigenvalue weighted by atomic mass is 10.1. The third kappa shape index (κ3) is 3.85. The molecular weight excluding hydrogens is 404 g/mol. The number of nitrogens with zero attached hydrogens (tertiary/aromatic N) is 1. The molecule has 0 amide bonds. The summed E-state index contributed by atoms with van der Waals surface area (Å²) in [5.74, 6) is 0.739. The van der Waals surface area contributed by atoms with E-state index in [-0.39, 0.29) is 6.54 Å². The minimum atomic E-state index is -3.68. The molecule has 3 aromatic carbocycles. The Morgan fingerprint density at radius 1 is 1.00 bits per heavy atom. The van der Waals surface area contributed by atoms with E-state index in [1.165, 1.54) is 4.31 Å². The Bertz CT molecular complexity index is 1100. The lowest BCUT2D eigenvalue weighted by molar-refractivity contribution is 0.336. The van der Waals surface area contributed by atoms with E-state index in [9.17, 15) is 8.42 Å². The van der Waals surface area contributed by atoms with E-state index >= 15 is 0 Å². The van der Waals surface area contributed by atoms with Gasteiger partial charge in [-0.15, -0.1) is 11.8 Å². The number of hydrogen-bond acceptors (Lipinski definition) is 5. The van der Waals surface area contributed by atoms with Gasteiger partial charge in [0.15, 0.2) is 0 Å². The predicted molar refractivity (Wildman–Crippen MR) is 117 cm³/mol. The van der Waals surface area contributed by atoms with Gasteiger partial charge in [-0.05, 0) is 53.8 Å². The number of ether oxygens (including phenoxy) is 1. The maximum Gasteiger partial charge on any atom is 0.247 e. The van der Waals surface area contributed by atoms with E-state index in [1.54, 1.807) is 37.1 Å². The van der Waals surface area contributed by atoms with Gasteiger partial charge < -0.3 is 10.1 Å². The molecule has 7 heteroatoms. The van der Waals surface area contributed by atoms with Crippen LogP contribution in [0.3, 0.4) is 0 Å². The van der Waals surface area contributed by atoms with Gasteiger partial charge in [0.2, 0.25) is 10.0 Å². The van der Waals surface area contributed by atoms with Crippen molar-refractivity contribution in [2.45, 2.75) is 22.5 Å². The summed E-state index contributed by atoms with van der Waals surface area (Å²) >= 11 is 1.66. The second-order valence-electron chi connectivity index (χ2n) is 6.71. The minimum Gasteiger partial charge on any atom is -0.497 e. The number of fused-ring (bicyclic) bond motifs is 1. The van der Waals surface area contributed by atoms with Gasteiger partial charge in [0, 0.05) is 11.4 Å². The fraction of sp³-hybridized carbons (Fsp3) is 0.182. The number of benzene rings is 3. The van der Waals surface area contributed by atoms with Gasteiger partial charge in [0.05, 0.1) is 12.8 Å². The van der Waals surface area contributed by atoms with Crippen LogP contribution in [0.4, 0.5) is 5.69 Å². The quantitative estimate of drug-likeness (QED) is 0.598. The van der Waals surface area contributed by atoms with Crippen molar-refractivity contribution in [3.8, 4) is 5.75 Å². The van der Waals surface area contributed by atoms with Gasteiger partial charge in [0.25, 0.3) is 0 Å². The van der Waals surface area contributed by atoms with Crippen molar-refractivity contribution < 1.29 is 13.2 Å². The van der Waals surface area contributed by atoms with Crippen molar-refractivity contribution in [1.29, 1.82) is 0 Å². The standard InChI is InChI=1S/C22H22N2O3S2/c1-27-18-11-7-16(8-12-18)15-24-22(17-9-13-19(28-2)14-10-17)23-20-5-3-4-6-21(20)29(24,25)26/h3-14,22-23H,15H2,1-2H3/t22-/m0/s1. The molecule has 1 N–H and O–H groups in total. The molecule has 0 saturated heterocycles. The average molecular weight is 427 g/mol. The van der Waals surface area contributed by atoms with Gasteiger partial charge in [0.1, 0.15) is 16.8 Å². The summed E-state index contributed by atoms with van der Waals surface area (Å²) in [6.07, 6.45) is 1.53. The largest absolute Gasteiger partial charge is 0.497 e. The van der Waals surface area contributed by atoms with E-state index in [2.05, 4.69) is 5.32 Å². The van der Waals surface area contributed by atoms with Crippen molar-refractivity contribution >= 4 is 27.5 Å². The third-order valence-corrected chi connectivity index (χ3v) is 7.60. The number of nitrogens with one attached hydrogen (secondary N) is 1. The maximum absolute atomic E-state index is 13.5. The topological polar surface area (TPSA) is 58.6 Å². The van der Waals surface area contributed by atoms with Crippen molar-refractivity contribution in [3.05, 3.63) is 83.9 Å². The van der Waals surface area contributed by atoms with Crippen LogP contribution in [0.25, 0.3) is 0 Å². The highest BCUT2D eigenvalue weighted by Gasteiger charge is 2.38. The SMILES string of the molecule is COc1ccc(CN2[C@@H](c3ccc(SC)cc3)Nc3ccccc3S2(=O)=O)cc1. The van der Waals surface area contributed by atoms with Gasteiger partial charge in [-0.25, -0.2) is 8.42 Å². The monoisotopic (exact) mass is 426 g/mol. The molecular formula is C22H22N2O3S2. The molecule has 0 bridgehead atoms. The molecule has 150 valence electrons. The molecule has 0 radical (unpaired) electrons. The molecule has 29 heavy (non-hydrogen) atoms. The Labute approximate surface area is 175 Å². The fourth-order valence-corrected chi connectivity index (χ4v) is 5.51. The number of para-hydroxylation sites is 1. The fourth-order valence-electron chi connectivity index (χ4n) is 3.42. The van der Waals surface area contributed by atoms with Crippen LogP contribution in [-0.4, -0.2) is 26.1 Å². The van der Waals surface area contributed by atoms with Gasteiger partial charge in [-0.2, -0.15) is 4.31 Å². The zero-order valence-corrected chi connectivity index (χ0v) is 17.8. The first kappa shape index (κ1) is 19.8. The van der Waals surface area contributed by atoms with Gasteiger partial charge >= 0.3 is 0 Å². The molecule has 0 unspecified atom stereocenters. The molecule has 5 nitrogen and oxygen atoms in total. The number of sulfonamides is 1. The molecule has 1 heterocycles. The number of rotatable bonds is 5. The highest BCUT2D eigenvalue weighted by Crippen LogP contribution is 2.39. The van der Waals surface area contributed by atoms with Crippen molar-refractivity contribution in [2.24, 2.45) is 0 Å². The van der Waals surface area contributed by atoms with E-state index in [0.717, 1.165) is 21.8 Å². The molecule has 1 atom stereocenters. The van der Waals surface area contributed by atoms with Crippen LogP contribution in [0.5, 0.6) is 5.75 Å². The van der Waals surface area contributed by atoms with Gasteiger partial charge in [-0.1, -0.05) is 36.4 Å². The van der Waals surface area contributed by atoms with Crippen LogP contribution >= 0.6 is 11.8 Å². The summed E-state index contributed by atoms with van der Waals surface area (Å²) in [4.78, 5) is 1.43. The second-order valence-corrected chi connectivity index (χ2v) is 9.45. The Morgan fingerprint density at radius 2 is 1.69 bits per heavy atom. The molecule has 1 aliphatic heterocycles. The highest BCUT2D eigenvalue weighted by molar-refractivity contribution is 7.98. The lowest BCUT2D eigenvalue weighted by Crippen LogP contribution is -2.42. The number of anilines is 1. The van der Waals surface area contributed by atoms with Crippen LogP contribution in [0.1, 0.15) is 17.3 Å². The summed E-state index contributed by atoms with van der Waals surface area (Å²) in [5, 5.41) is 3.41. The van der Waals surface area contributed by atoms with Crippen molar-refractivity contribution in [1.82, 2.24) is 4.31 Å². The molecule has 0 fully saturated rings. The first-order valence-electron chi connectivity index (χ1n) is 9.17.